The van der Waals surface area contributed by atoms with Crippen LogP contribution in [0.2, 0.25) is 0 Å². The predicted molar refractivity (Wildman–Crippen MR) is 53.0 cm³/mol. The van der Waals surface area contributed by atoms with Crippen LogP contribution >= 0.6 is 24.8 Å². The Morgan fingerprint density at radius 1 is 1.33 bits per heavy atom. The van der Waals surface area contributed by atoms with Crippen LogP contribution in [0, 0.1) is 0 Å². The molecule has 0 bridgehead atoms. The number of rotatable bonds is 4. The molecule has 12 heavy (non-hydrogen) atoms. The van der Waals surface area contributed by atoms with Crippen molar-refractivity contribution in [3.63, 3.8) is 0 Å². The van der Waals surface area contributed by atoms with Crippen molar-refractivity contribution < 1.29 is 9.90 Å². The van der Waals surface area contributed by atoms with E-state index in [1.165, 1.54) is 0 Å². The van der Waals surface area contributed by atoms with Crippen LogP contribution in [-0.2, 0) is 4.79 Å². The standard InChI is InChI=1S/C6H14N2O2.2ClH/c1-4(7)2-3-5(8)6(9)10;;/h4-5H,2-3,7-8H2,1H3,(H,9,10);2*1H. The smallest absolute Gasteiger partial charge is 0.320 e. The highest BCUT2D eigenvalue weighted by molar-refractivity contribution is 5.85. The molecule has 0 aliphatic rings. The molecule has 76 valence electrons. The number of nitrogens with two attached hydrogens (primary N) is 2. The van der Waals surface area contributed by atoms with Crippen molar-refractivity contribution in [2.24, 2.45) is 11.5 Å². The van der Waals surface area contributed by atoms with Gasteiger partial charge in [-0.3, -0.25) is 4.79 Å². The molecule has 0 saturated heterocycles. The largest absolute Gasteiger partial charge is 0.480 e. The maximum absolute atomic E-state index is 10.1. The van der Waals surface area contributed by atoms with Crippen molar-refractivity contribution in [2.75, 3.05) is 0 Å². The molecular weight excluding hydrogens is 203 g/mol. The Labute approximate surface area is 84.5 Å². The molecule has 5 N–H and O–H groups in total. The summed E-state index contributed by atoms with van der Waals surface area (Å²) in [6.45, 7) is 1.83. The molecule has 0 rings (SSSR count). The number of halogens is 2. The highest BCUT2D eigenvalue weighted by atomic mass is 35.5. The Kier molecular flexibility index (Phi) is 13.5. The zero-order valence-corrected chi connectivity index (χ0v) is 8.53. The summed E-state index contributed by atoms with van der Waals surface area (Å²) in [7, 11) is 0. The van der Waals surface area contributed by atoms with E-state index in [0.29, 0.717) is 12.8 Å². The lowest BCUT2D eigenvalue weighted by Gasteiger charge is -2.07. The van der Waals surface area contributed by atoms with Gasteiger partial charge in [-0.2, -0.15) is 0 Å². The average molecular weight is 219 g/mol. The van der Waals surface area contributed by atoms with Crippen molar-refractivity contribution in [3.8, 4) is 0 Å². The first kappa shape index (κ1) is 17.9. The highest BCUT2D eigenvalue weighted by Gasteiger charge is 2.10. The zero-order chi connectivity index (χ0) is 8.15. The Balaban J connectivity index is -0.000000405. The first-order valence-corrected chi connectivity index (χ1v) is 3.28. The number of carbonyl (C=O) groups is 1. The van der Waals surface area contributed by atoms with E-state index >= 15 is 0 Å². The minimum absolute atomic E-state index is 0. The van der Waals surface area contributed by atoms with E-state index in [1.54, 1.807) is 0 Å². The number of aliphatic carboxylic acids is 1. The molecule has 0 saturated carbocycles. The van der Waals surface area contributed by atoms with Crippen LogP contribution in [0.5, 0.6) is 0 Å². The molecule has 0 spiro atoms. The van der Waals surface area contributed by atoms with Crippen molar-refractivity contribution in [1.82, 2.24) is 0 Å². The van der Waals surface area contributed by atoms with Gasteiger partial charge in [0.2, 0.25) is 0 Å². The minimum Gasteiger partial charge on any atom is -0.480 e. The summed E-state index contributed by atoms with van der Waals surface area (Å²) >= 11 is 0. The minimum atomic E-state index is -0.958. The van der Waals surface area contributed by atoms with Gasteiger partial charge < -0.3 is 16.6 Å². The normalized spacial score (nSPS) is 13.6. The SMILES string of the molecule is CC(N)CCC(N)C(=O)O.Cl.Cl. The van der Waals surface area contributed by atoms with E-state index in [2.05, 4.69) is 0 Å². The molecule has 0 amide bonds. The molecule has 0 aromatic heterocycles. The molecule has 0 aliphatic carbocycles. The second kappa shape index (κ2) is 9.06. The third-order valence-corrected chi connectivity index (χ3v) is 1.25. The highest BCUT2D eigenvalue weighted by Crippen LogP contribution is 1.96. The molecule has 6 heteroatoms. The molecule has 2 unspecified atom stereocenters. The van der Waals surface area contributed by atoms with Gasteiger partial charge in [0.25, 0.3) is 0 Å². The lowest BCUT2D eigenvalue weighted by atomic mass is 10.1. The summed E-state index contributed by atoms with van der Waals surface area (Å²) < 4.78 is 0. The Morgan fingerprint density at radius 2 is 1.75 bits per heavy atom. The van der Waals surface area contributed by atoms with Gasteiger partial charge in [0.15, 0.2) is 0 Å². The van der Waals surface area contributed by atoms with E-state index in [0.717, 1.165) is 0 Å². The van der Waals surface area contributed by atoms with Gasteiger partial charge in [0, 0.05) is 6.04 Å². The fourth-order valence-corrected chi connectivity index (χ4v) is 0.566. The van der Waals surface area contributed by atoms with Gasteiger partial charge in [-0.25, -0.2) is 0 Å². The molecule has 4 nitrogen and oxygen atoms in total. The van der Waals surface area contributed by atoms with Gasteiger partial charge in [-0.15, -0.1) is 24.8 Å². The summed E-state index contributed by atoms with van der Waals surface area (Å²) in [6.07, 6.45) is 1.11. The number of hydrogen-bond donors (Lipinski definition) is 3. The molecule has 0 fully saturated rings. The first-order chi connectivity index (χ1) is 4.54. The van der Waals surface area contributed by atoms with E-state index in [1.807, 2.05) is 6.92 Å². The van der Waals surface area contributed by atoms with Crippen molar-refractivity contribution >= 4 is 30.8 Å². The van der Waals surface area contributed by atoms with Crippen LogP contribution in [0.3, 0.4) is 0 Å². The third kappa shape index (κ3) is 9.97. The monoisotopic (exact) mass is 218 g/mol. The molecule has 0 aliphatic heterocycles. The first-order valence-electron chi connectivity index (χ1n) is 3.28. The number of carboxylic acids is 1. The molecule has 0 aromatic rings. The Morgan fingerprint density at radius 3 is 2.00 bits per heavy atom. The summed E-state index contributed by atoms with van der Waals surface area (Å²) in [5.41, 5.74) is 10.6. The lowest BCUT2D eigenvalue weighted by molar-refractivity contribution is -0.138. The molecule has 0 heterocycles. The second-order valence-corrected chi connectivity index (χ2v) is 2.50. The quantitative estimate of drug-likeness (QED) is 0.637. The topological polar surface area (TPSA) is 89.3 Å². The lowest BCUT2D eigenvalue weighted by Crippen LogP contribution is -2.31. The van der Waals surface area contributed by atoms with Crippen LogP contribution in [0.25, 0.3) is 0 Å². The van der Waals surface area contributed by atoms with E-state index in [-0.39, 0.29) is 30.9 Å². The van der Waals surface area contributed by atoms with Gasteiger partial charge in [0.1, 0.15) is 6.04 Å². The summed E-state index contributed by atoms with van der Waals surface area (Å²) in [6, 6.07) is -0.726. The second-order valence-electron chi connectivity index (χ2n) is 2.50. The van der Waals surface area contributed by atoms with Crippen molar-refractivity contribution in [3.05, 3.63) is 0 Å². The predicted octanol–water partition coefficient (Wildman–Crippen LogP) is 0.369. The zero-order valence-electron chi connectivity index (χ0n) is 6.90. The number of hydrogen-bond acceptors (Lipinski definition) is 3. The molecule has 0 radical (unpaired) electrons. The maximum atomic E-state index is 10.1. The van der Waals surface area contributed by atoms with Crippen LogP contribution in [-0.4, -0.2) is 23.2 Å². The Bertz CT molecular complexity index is 122. The summed E-state index contributed by atoms with van der Waals surface area (Å²) in [4.78, 5) is 10.1. The fraction of sp³-hybridized carbons (Fsp3) is 0.833. The van der Waals surface area contributed by atoms with Gasteiger partial charge in [0.05, 0.1) is 0 Å². The maximum Gasteiger partial charge on any atom is 0.320 e. The van der Waals surface area contributed by atoms with Crippen molar-refractivity contribution in [2.45, 2.75) is 31.8 Å². The van der Waals surface area contributed by atoms with Crippen LogP contribution in [0.1, 0.15) is 19.8 Å². The summed E-state index contributed by atoms with van der Waals surface area (Å²) in [5.74, 6) is -0.958. The van der Waals surface area contributed by atoms with Crippen LogP contribution < -0.4 is 11.5 Å². The fourth-order valence-electron chi connectivity index (χ4n) is 0.566. The van der Waals surface area contributed by atoms with E-state index < -0.39 is 12.0 Å². The van der Waals surface area contributed by atoms with Crippen LogP contribution in [0.15, 0.2) is 0 Å². The van der Waals surface area contributed by atoms with E-state index in [4.69, 9.17) is 16.6 Å². The van der Waals surface area contributed by atoms with Gasteiger partial charge in [-0.05, 0) is 19.8 Å². The van der Waals surface area contributed by atoms with Gasteiger partial charge >= 0.3 is 5.97 Å². The molecular formula is C6H16Cl2N2O2. The molecule has 0 aromatic carbocycles. The third-order valence-electron chi connectivity index (χ3n) is 1.25. The molecule has 2 atom stereocenters. The van der Waals surface area contributed by atoms with E-state index in [9.17, 15) is 4.79 Å². The Hall–Kier alpha value is -0.0300. The van der Waals surface area contributed by atoms with Crippen LogP contribution in [0.4, 0.5) is 0 Å². The van der Waals surface area contributed by atoms with Crippen molar-refractivity contribution in [1.29, 1.82) is 0 Å². The van der Waals surface area contributed by atoms with Gasteiger partial charge in [-0.1, -0.05) is 0 Å². The summed E-state index contributed by atoms with van der Waals surface area (Å²) in [5, 5.41) is 8.33. The average Bonchev–Trinajstić information content (AvgIpc) is 1.82. The number of carboxylic acid groups (broad SMARTS) is 1.